The summed E-state index contributed by atoms with van der Waals surface area (Å²) in [5.74, 6) is -0.133. The molecule has 0 spiro atoms. The number of fused-ring (bicyclic) bond motifs is 1. The van der Waals surface area contributed by atoms with Gasteiger partial charge in [-0.1, -0.05) is 12.1 Å². The molecule has 0 saturated carbocycles. The van der Waals surface area contributed by atoms with E-state index in [0.717, 1.165) is 34.3 Å². The first-order valence-electron chi connectivity index (χ1n) is 9.61. The van der Waals surface area contributed by atoms with Gasteiger partial charge in [0, 0.05) is 24.4 Å². The summed E-state index contributed by atoms with van der Waals surface area (Å²) < 4.78 is 7.19. The second-order valence-electron chi connectivity index (χ2n) is 7.13. The van der Waals surface area contributed by atoms with Crippen LogP contribution in [0.25, 0.3) is 15.9 Å². The number of aromatic nitrogens is 3. The van der Waals surface area contributed by atoms with Crippen molar-refractivity contribution in [1.29, 1.82) is 0 Å². The number of benzene rings is 1. The topological polar surface area (TPSA) is 69.0 Å². The highest BCUT2D eigenvalue weighted by Crippen LogP contribution is 2.26. The molecule has 0 radical (unpaired) electrons. The van der Waals surface area contributed by atoms with E-state index in [2.05, 4.69) is 45.7 Å². The number of nitrogens with one attached hydrogen (secondary N) is 1. The van der Waals surface area contributed by atoms with Crippen LogP contribution in [0.15, 0.2) is 60.2 Å². The molecule has 0 bridgehead atoms. The molecule has 1 fully saturated rings. The van der Waals surface area contributed by atoms with E-state index in [1.807, 2.05) is 28.4 Å². The smallest absolute Gasteiger partial charge is 0.270 e. The quantitative estimate of drug-likeness (QED) is 0.552. The highest BCUT2D eigenvalue weighted by molar-refractivity contribution is 7.16. The van der Waals surface area contributed by atoms with Gasteiger partial charge in [-0.15, -0.1) is 11.3 Å². The number of rotatable bonds is 5. The molecule has 0 unspecified atom stereocenters. The highest BCUT2D eigenvalue weighted by atomic mass is 32.1. The zero-order chi connectivity index (χ0) is 19.6. The lowest BCUT2D eigenvalue weighted by molar-refractivity contribution is 0.0925. The summed E-state index contributed by atoms with van der Waals surface area (Å²) >= 11 is 1.56. The van der Waals surface area contributed by atoms with Crippen LogP contribution in [0.5, 0.6) is 0 Å². The van der Waals surface area contributed by atoms with Gasteiger partial charge >= 0.3 is 0 Å². The summed E-state index contributed by atoms with van der Waals surface area (Å²) in [6.45, 7) is 1.27. The highest BCUT2D eigenvalue weighted by Gasteiger charge is 2.20. The maximum atomic E-state index is 12.7. The lowest BCUT2D eigenvalue weighted by atomic mass is 10.0. The third kappa shape index (κ3) is 3.79. The molecule has 29 heavy (non-hydrogen) atoms. The van der Waals surface area contributed by atoms with Crippen molar-refractivity contribution in [3.05, 3.63) is 77.1 Å². The molecular formula is C22H20N4O2S. The van der Waals surface area contributed by atoms with Crippen LogP contribution < -0.4 is 5.32 Å². The van der Waals surface area contributed by atoms with E-state index in [1.165, 1.54) is 5.56 Å². The molecule has 1 aliphatic heterocycles. The molecule has 0 aliphatic carbocycles. The third-order valence-electron chi connectivity index (χ3n) is 5.12. The zero-order valence-corrected chi connectivity index (χ0v) is 16.6. The van der Waals surface area contributed by atoms with Crippen LogP contribution in [0.2, 0.25) is 0 Å². The molecule has 1 aromatic carbocycles. The Bertz CT molecular complexity index is 1130. The first-order valence-corrected chi connectivity index (χ1v) is 10.5. The van der Waals surface area contributed by atoms with E-state index in [-0.39, 0.29) is 11.9 Å². The molecule has 1 atom stereocenters. The van der Waals surface area contributed by atoms with Crippen LogP contribution in [0.3, 0.4) is 0 Å². The molecule has 7 heteroatoms. The van der Waals surface area contributed by atoms with Gasteiger partial charge in [0.05, 0.1) is 18.3 Å². The molecule has 5 rings (SSSR count). The van der Waals surface area contributed by atoms with Crippen LogP contribution in [0.4, 0.5) is 0 Å². The van der Waals surface area contributed by atoms with Crippen LogP contribution in [-0.2, 0) is 11.2 Å². The number of carbonyl (C=O) groups excluding carboxylic acids is 1. The first-order chi connectivity index (χ1) is 14.3. The van der Waals surface area contributed by atoms with Crippen molar-refractivity contribution in [2.24, 2.45) is 0 Å². The van der Waals surface area contributed by atoms with Crippen molar-refractivity contribution >= 4 is 27.5 Å². The van der Waals surface area contributed by atoms with Crippen LogP contribution in [-0.4, -0.2) is 39.9 Å². The number of hydrogen-bond donors (Lipinski definition) is 1. The minimum absolute atomic E-state index is 0.0709. The fraction of sp³-hybridized carbons (Fsp3) is 0.227. The van der Waals surface area contributed by atoms with Gasteiger partial charge in [0.25, 0.3) is 5.91 Å². The molecular weight excluding hydrogens is 384 g/mol. The summed E-state index contributed by atoms with van der Waals surface area (Å²) in [5.41, 5.74) is 3.77. The summed E-state index contributed by atoms with van der Waals surface area (Å²) in [6, 6.07) is 14.3. The van der Waals surface area contributed by atoms with Crippen LogP contribution >= 0.6 is 11.3 Å². The minimum atomic E-state index is -0.133. The molecule has 146 valence electrons. The average molecular weight is 404 g/mol. The molecule has 1 aliphatic rings. The summed E-state index contributed by atoms with van der Waals surface area (Å²) in [5, 5.41) is 10.4. The fourth-order valence-corrected chi connectivity index (χ4v) is 4.41. The Labute approximate surface area is 172 Å². The number of carbonyl (C=O) groups is 1. The van der Waals surface area contributed by atoms with Gasteiger partial charge in [-0.2, -0.15) is 5.10 Å². The Balaban J connectivity index is 1.41. The Morgan fingerprint density at radius 3 is 2.93 bits per heavy atom. The lowest BCUT2D eigenvalue weighted by Crippen LogP contribution is -2.35. The number of hydrogen-bond acceptors (Lipinski definition) is 5. The fourth-order valence-electron chi connectivity index (χ4n) is 3.59. The van der Waals surface area contributed by atoms with Gasteiger partial charge in [-0.25, -0.2) is 9.67 Å². The maximum absolute atomic E-state index is 12.7. The predicted molar refractivity (Wildman–Crippen MR) is 113 cm³/mol. The number of amides is 1. The zero-order valence-electron chi connectivity index (χ0n) is 15.7. The van der Waals surface area contributed by atoms with Crippen molar-refractivity contribution < 1.29 is 9.53 Å². The van der Waals surface area contributed by atoms with Crippen molar-refractivity contribution in [3.63, 3.8) is 0 Å². The number of thiophene rings is 1. The van der Waals surface area contributed by atoms with E-state index < -0.39 is 0 Å². The second kappa shape index (κ2) is 7.77. The SMILES string of the molecule is O=C(N[C@H]1CCOC1)c1cc(Cc2ccc(-n3cccn3)cc2)c2ccsc2n1. The van der Waals surface area contributed by atoms with Gasteiger partial charge < -0.3 is 10.1 Å². The molecule has 1 saturated heterocycles. The van der Waals surface area contributed by atoms with Gasteiger partial charge in [0.1, 0.15) is 10.5 Å². The van der Waals surface area contributed by atoms with E-state index in [1.54, 1.807) is 17.5 Å². The molecule has 6 nitrogen and oxygen atoms in total. The summed E-state index contributed by atoms with van der Waals surface area (Å²) in [4.78, 5) is 18.2. The van der Waals surface area contributed by atoms with E-state index in [4.69, 9.17) is 4.74 Å². The summed E-state index contributed by atoms with van der Waals surface area (Å²) in [6.07, 6.45) is 5.28. The molecule has 1 N–H and O–H groups in total. The van der Waals surface area contributed by atoms with E-state index in [0.29, 0.717) is 18.9 Å². The second-order valence-corrected chi connectivity index (χ2v) is 8.03. The van der Waals surface area contributed by atoms with Crippen molar-refractivity contribution in [2.75, 3.05) is 13.2 Å². The molecule has 4 heterocycles. The van der Waals surface area contributed by atoms with Gasteiger partial charge in [0.15, 0.2) is 0 Å². The minimum Gasteiger partial charge on any atom is -0.379 e. The Morgan fingerprint density at radius 1 is 1.28 bits per heavy atom. The van der Waals surface area contributed by atoms with Crippen LogP contribution in [0, 0.1) is 0 Å². The van der Waals surface area contributed by atoms with Gasteiger partial charge in [-0.05, 0) is 59.7 Å². The predicted octanol–water partition coefficient (Wildman–Crippen LogP) is 3.59. The first kappa shape index (κ1) is 18.0. The van der Waals surface area contributed by atoms with Crippen molar-refractivity contribution in [1.82, 2.24) is 20.1 Å². The van der Waals surface area contributed by atoms with Crippen LogP contribution in [0.1, 0.15) is 28.0 Å². The molecule has 1 amide bonds. The number of pyridine rings is 1. The summed E-state index contributed by atoms with van der Waals surface area (Å²) in [7, 11) is 0. The lowest BCUT2D eigenvalue weighted by Gasteiger charge is -2.12. The maximum Gasteiger partial charge on any atom is 0.270 e. The van der Waals surface area contributed by atoms with Crippen molar-refractivity contribution in [3.8, 4) is 5.69 Å². The molecule has 4 aromatic rings. The largest absolute Gasteiger partial charge is 0.379 e. The molecule has 3 aromatic heterocycles. The van der Waals surface area contributed by atoms with E-state index in [9.17, 15) is 4.79 Å². The number of nitrogens with zero attached hydrogens (tertiary/aromatic N) is 3. The standard InChI is InChI=1S/C22H20N4O2S/c27-21(24-17-6-10-28-14-17)20-13-16(19-7-11-29-22(19)25-20)12-15-2-4-18(5-3-15)26-9-1-8-23-26/h1-5,7-9,11,13,17H,6,10,12,14H2,(H,24,27)/t17-/m0/s1. The Morgan fingerprint density at radius 2 is 2.17 bits per heavy atom. The van der Waals surface area contributed by atoms with E-state index >= 15 is 0 Å². The van der Waals surface area contributed by atoms with Crippen molar-refractivity contribution in [2.45, 2.75) is 18.9 Å². The Kier molecular flexibility index (Phi) is 4.83. The Hall–Kier alpha value is -3.03. The van der Waals surface area contributed by atoms with Gasteiger partial charge in [0.2, 0.25) is 0 Å². The van der Waals surface area contributed by atoms with Gasteiger partial charge in [-0.3, -0.25) is 4.79 Å². The third-order valence-corrected chi connectivity index (χ3v) is 5.93. The monoisotopic (exact) mass is 404 g/mol. The average Bonchev–Trinajstić information content (AvgIpc) is 3.50. The number of ether oxygens (including phenoxy) is 1. The normalized spacial score (nSPS) is 16.3.